The maximum atomic E-state index is 14.0. The van der Waals surface area contributed by atoms with Crippen molar-refractivity contribution in [3.63, 3.8) is 0 Å². The molecule has 1 amide bonds. The maximum Gasteiger partial charge on any atom is 0.263 e. The molecular weight excluding hydrogens is 380 g/mol. The minimum atomic E-state index is -0.588. The van der Waals surface area contributed by atoms with Crippen molar-refractivity contribution in [3.05, 3.63) is 59.7 Å². The van der Waals surface area contributed by atoms with E-state index in [2.05, 4.69) is 4.98 Å². The minimum Gasteiger partial charge on any atom is -0.308 e. The lowest BCUT2D eigenvalue weighted by Crippen LogP contribution is -2.37. The summed E-state index contributed by atoms with van der Waals surface area (Å²) in [4.78, 5) is 20.5. The molecule has 4 nitrogen and oxygen atoms in total. The molecule has 8 heteroatoms. The van der Waals surface area contributed by atoms with Crippen LogP contribution < -0.4 is 4.90 Å². The third-order valence-corrected chi connectivity index (χ3v) is 4.75. The van der Waals surface area contributed by atoms with Gasteiger partial charge in [0.1, 0.15) is 17.2 Å². The molecule has 1 heterocycles. The number of hydrogen-bond acceptors (Lipinski definition) is 4. The Morgan fingerprint density at radius 2 is 1.73 bits per heavy atom. The molecule has 0 fully saturated rings. The fourth-order valence-electron chi connectivity index (χ4n) is 2.38. The van der Waals surface area contributed by atoms with Crippen LogP contribution in [0.1, 0.15) is 10.4 Å². The number of benzene rings is 2. The highest BCUT2D eigenvalue weighted by molar-refractivity contribution is 7.22. The van der Waals surface area contributed by atoms with Crippen LogP contribution in [0, 0.1) is 11.6 Å². The summed E-state index contributed by atoms with van der Waals surface area (Å²) < 4.78 is 28.6. The van der Waals surface area contributed by atoms with Gasteiger partial charge in [-0.25, -0.2) is 13.8 Å². The Hall–Kier alpha value is -2.09. The number of hydrogen-bond donors (Lipinski definition) is 0. The number of halogens is 3. The molecular formula is C18H18ClF2N3OS. The lowest BCUT2D eigenvalue weighted by Gasteiger charge is -2.22. The van der Waals surface area contributed by atoms with Crippen molar-refractivity contribution in [2.45, 2.75) is 0 Å². The first-order chi connectivity index (χ1) is 12.0. The summed E-state index contributed by atoms with van der Waals surface area (Å²) in [5.74, 6) is -1.51. The number of para-hydroxylation sites is 1. The predicted molar refractivity (Wildman–Crippen MR) is 103 cm³/mol. The summed E-state index contributed by atoms with van der Waals surface area (Å²) in [6.07, 6.45) is 0. The third kappa shape index (κ3) is 4.17. The molecule has 0 aliphatic carbocycles. The third-order valence-electron chi connectivity index (χ3n) is 3.71. The van der Waals surface area contributed by atoms with Crippen LogP contribution in [-0.2, 0) is 0 Å². The lowest BCUT2D eigenvalue weighted by atomic mass is 10.2. The molecule has 0 radical (unpaired) electrons. The average molecular weight is 398 g/mol. The van der Waals surface area contributed by atoms with Crippen LogP contribution in [0.25, 0.3) is 10.2 Å². The minimum absolute atomic E-state index is 0. The smallest absolute Gasteiger partial charge is 0.263 e. The van der Waals surface area contributed by atoms with Crippen molar-refractivity contribution in [2.24, 2.45) is 0 Å². The highest BCUT2D eigenvalue weighted by Crippen LogP contribution is 2.31. The molecule has 0 bridgehead atoms. The number of carbonyl (C=O) groups excluding carboxylic acids is 1. The summed E-state index contributed by atoms with van der Waals surface area (Å²) in [5, 5.41) is 0.357. The van der Waals surface area contributed by atoms with E-state index in [4.69, 9.17) is 0 Å². The molecule has 0 unspecified atom stereocenters. The average Bonchev–Trinajstić information content (AvgIpc) is 3.00. The zero-order valence-corrected chi connectivity index (χ0v) is 15.9. The summed E-state index contributed by atoms with van der Waals surface area (Å²) in [6, 6.07) is 10.5. The van der Waals surface area contributed by atoms with E-state index in [0.717, 1.165) is 0 Å². The Bertz CT molecular complexity index is 916. The van der Waals surface area contributed by atoms with E-state index in [1.54, 1.807) is 18.2 Å². The maximum absolute atomic E-state index is 14.0. The predicted octanol–water partition coefficient (Wildman–Crippen LogP) is 4.20. The van der Waals surface area contributed by atoms with Crippen LogP contribution in [0.15, 0.2) is 42.5 Å². The first-order valence-corrected chi connectivity index (χ1v) is 8.55. The molecule has 3 rings (SSSR count). The topological polar surface area (TPSA) is 36.4 Å². The van der Waals surface area contributed by atoms with Gasteiger partial charge in [-0.1, -0.05) is 29.5 Å². The molecule has 0 atom stereocenters. The number of rotatable bonds is 5. The van der Waals surface area contributed by atoms with E-state index < -0.39 is 17.5 Å². The Morgan fingerprint density at radius 1 is 1.04 bits per heavy atom. The molecule has 0 N–H and O–H groups in total. The normalized spacial score (nSPS) is 10.8. The Labute approximate surface area is 160 Å². The van der Waals surface area contributed by atoms with Crippen LogP contribution in [0.3, 0.4) is 0 Å². The number of fused-ring (bicyclic) bond motifs is 1. The van der Waals surface area contributed by atoms with E-state index in [9.17, 15) is 13.6 Å². The number of thiazole rings is 1. The van der Waals surface area contributed by atoms with Gasteiger partial charge in [0.25, 0.3) is 5.91 Å². The van der Waals surface area contributed by atoms with Gasteiger partial charge in [-0.05, 0) is 38.4 Å². The monoisotopic (exact) mass is 397 g/mol. The van der Waals surface area contributed by atoms with Crippen LogP contribution in [0.2, 0.25) is 0 Å². The summed E-state index contributed by atoms with van der Waals surface area (Å²) in [6.45, 7) is 0.889. The highest BCUT2D eigenvalue weighted by atomic mass is 35.5. The number of amides is 1. The van der Waals surface area contributed by atoms with Crippen LogP contribution in [0.4, 0.5) is 13.9 Å². The fourth-order valence-corrected chi connectivity index (χ4v) is 3.39. The molecule has 26 heavy (non-hydrogen) atoms. The Kier molecular flexibility index (Phi) is 6.63. The van der Waals surface area contributed by atoms with Crippen molar-refractivity contribution in [1.29, 1.82) is 0 Å². The van der Waals surface area contributed by atoms with Gasteiger partial charge in [-0.3, -0.25) is 9.69 Å². The zero-order chi connectivity index (χ0) is 18.0. The van der Waals surface area contributed by atoms with Gasteiger partial charge in [0.05, 0.1) is 10.3 Å². The van der Waals surface area contributed by atoms with Gasteiger partial charge in [0, 0.05) is 13.1 Å². The number of nitrogens with zero attached hydrogens (tertiary/aromatic N) is 3. The molecule has 3 aromatic rings. The summed E-state index contributed by atoms with van der Waals surface area (Å²) >= 11 is 1.21. The second kappa shape index (κ2) is 8.53. The molecule has 0 saturated carbocycles. The highest BCUT2D eigenvalue weighted by Gasteiger charge is 2.24. The zero-order valence-electron chi connectivity index (χ0n) is 14.3. The molecule has 2 aromatic carbocycles. The van der Waals surface area contributed by atoms with Crippen LogP contribution >= 0.6 is 23.7 Å². The molecule has 0 aliphatic heterocycles. The first kappa shape index (κ1) is 20.2. The van der Waals surface area contributed by atoms with Crippen molar-refractivity contribution in [3.8, 4) is 0 Å². The molecule has 0 saturated heterocycles. The first-order valence-electron chi connectivity index (χ1n) is 7.73. The molecule has 1 aromatic heterocycles. The second-order valence-electron chi connectivity index (χ2n) is 5.82. The standard InChI is InChI=1S/C18H17F2N3OS.ClH/c1-22(2)10-11-23(17(24)12-6-3-4-7-13(12)19)18-21-16-14(20)8-5-9-15(16)25-18;/h3-9H,10-11H2,1-2H3;1H. The van der Waals surface area contributed by atoms with Gasteiger partial charge >= 0.3 is 0 Å². The summed E-state index contributed by atoms with van der Waals surface area (Å²) in [5.41, 5.74) is 0.194. The van der Waals surface area contributed by atoms with E-state index in [-0.39, 0.29) is 23.5 Å². The number of likely N-dealkylation sites (N-methyl/N-ethyl adjacent to an activating group) is 1. The molecule has 0 aliphatic rings. The van der Waals surface area contributed by atoms with Crippen molar-refractivity contribution < 1.29 is 13.6 Å². The van der Waals surface area contributed by atoms with E-state index >= 15 is 0 Å². The summed E-state index contributed by atoms with van der Waals surface area (Å²) in [7, 11) is 3.76. The molecule has 138 valence electrons. The van der Waals surface area contributed by atoms with Crippen molar-refractivity contribution in [1.82, 2.24) is 9.88 Å². The number of anilines is 1. The van der Waals surface area contributed by atoms with Crippen LogP contribution in [-0.4, -0.2) is 43.0 Å². The van der Waals surface area contributed by atoms with Crippen molar-refractivity contribution >= 4 is 45.0 Å². The Morgan fingerprint density at radius 3 is 2.38 bits per heavy atom. The van der Waals surface area contributed by atoms with E-state index in [1.807, 2.05) is 19.0 Å². The number of aromatic nitrogens is 1. The van der Waals surface area contributed by atoms with Gasteiger partial charge in [0.2, 0.25) is 0 Å². The number of carbonyl (C=O) groups is 1. The fraction of sp³-hybridized carbons (Fsp3) is 0.222. The van der Waals surface area contributed by atoms with Gasteiger partial charge in [0.15, 0.2) is 5.13 Å². The van der Waals surface area contributed by atoms with Gasteiger partial charge < -0.3 is 4.90 Å². The SMILES string of the molecule is CN(C)CCN(C(=O)c1ccccc1F)c1nc2c(F)cccc2s1.Cl. The van der Waals surface area contributed by atoms with E-state index in [0.29, 0.717) is 22.9 Å². The second-order valence-corrected chi connectivity index (χ2v) is 6.83. The lowest BCUT2D eigenvalue weighted by molar-refractivity contribution is 0.0981. The molecule has 0 spiro atoms. The van der Waals surface area contributed by atoms with Crippen LogP contribution in [0.5, 0.6) is 0 Å². The largest absolute Gasteiger partial charge is 0.308 e. The van der Waals surface area contributed by atoms with Crippen molar-refractivity contribution in [2.75, 3.05) is 32.1 Å². The van der Waals surface area contributed by atoms with Gasteiger partial charge in [-0.2, -0.15) is 0 Å². The Balaban J connectivity index is 0.00000243. The van der Waals surface area contributed by atoms with Gasteiger partial charge in [-0.15, -0.1) is 12.4 Å². The van der Waals surface area contributed by atoms with E-state index in [1.165, 1.54) is 40.5 Å². The quantitative estimate of drug-likeness (QED) is 0.647.